The van der Waals surface area contributed by atoms with E-state index in [0.717, 1.165) is 72.5 Å². The molecule has 13 rings (SSSR count). The number of fused-ring (bicyclic) bond motifs is 8. The smallest absolute Gasteiger partial charge is 0.136 e. The van der Waals surface area contributed by atoms with Crippen molar-refractivity contribution >= 4 is 82.4 Å². The van der Waals surface area contributed by atoms with Gasteiger partial charge in [-0.15, -0.1) is 0 Å². The van der Waals surface area contributed by atoms with Crippen LogP contribution in [0.25, 0.3) is 104 Å². The van der Waals surface area contributed by atoms with Crippen LogP contribution in [0.2, 0.25) is 0 Å². The minimum Gasteiger partial charge on any atom is -0.456 e. The summed E-state index contributed by atoms with van der Waals surface area (Å²) in [4.78, 5) is 2.39. The summed E-state index contributed by atoms with van der Waals surface area (Å²) in [6.45, 7) is 0. The molecular formula is C62H40N2O. The number of benzene rings is 11. The lowest BCUT2D eigenvalue weighted by Gasteiger charge is -2.28. The molecule has 13 aromatic rings. The molecule has 0 aliphatic carbocycles. The summed E-state index contributed by atoms with van der Waals surface area (Å²) in [5.41, 5.74) is 15.5. The molecular weight excluding hydrogens is 789 g/mol. The van der Waals surface area contributed by atoms with Crippen LogP contribution in [0.5, 0.6) is 0 Å². The van der Waals surface area contributed by atoms with Crippen LogP contribution in [0.15, 0.2) is 247 Å². The van der Waals surface area contributed by atoms with Crippen molar-refractivity contribution in [1.29, 1.82) is 0 Å². The van der Waals surface area contributed by atoms with E-state index in [2.05, 4.69) is 240 Å². The molecule has 0 aliphatic rings. The summed E-state index contributed by atoms with van der Waals surface area (Å²) in [7, 11) is 0. The lowest BCUT2D eigenvalue weighted by atomic mass is 9.90. The van der Waals surface area contributed by atoms with Gasteiger partial charge < -0.3 is 13.9 Å². The van der Waals surface area contributed by atoms with E-state index in [4.69, 9.17) is 4.42 Å². The summed E-state index contributed by atoms with van der Waals surface area (Å²) in [5.74, 6) is 0. The Hall–Kier alpha value is -8.66. The molecule has 2 aromatic heterocycles. The molecule has 0 aliphatic heterocycles. The Labute approximate surface area is 376 Å². The molecule has 0 spiro atoms. The Morgan fingerprint density at radius 2 is 0.908 bits per heavy atom. The second-order valence-corrected chi connectivity index (χ2v) is 16.9. The fourth-order valence-corrected chi connectivity index (χ4v) is 10.1. The summed E-state index contributed by atoms with van der Waals surface area (Å²) >= 11 is 0. The fraction of sp³-hybridized carbons (Fsp3) is 0. The van der Waals surface area contributed by atoms with Crippen LogP contribution in [-0.4, -0.2) is 4.57 Å². The van der Waals surface area contributed by atoms with E-state index in [-0.39, 0.29) is 0 Å². The molecule has 0 N–H and O–H groups in total. The van der Waals surface area contributed by atoms with Crippen LogP contribution in [-0.2, 0) is 0 Å². The zero-order valence-corrected chi connectivity index (χ0v) is 35.4. The Balaban J connectivity index is 1.03. The second kappa shape index (κ2) is 15.0. The molecule has 0 unspecified atom stereocenters. The van der Waals surface area contributed by atoms with Crippen molar-refractivity contribution in [2.75, 3.05) is 4.90 Å². The van der Waals surface area contributed by atoms with Crippen LogP contribution >= 0.6 is 0 Å². The first-order valence-electron chi connectivity index (χ1n) is 22.2. The number of anilines is 3. The van der Waals surface area contributed by atoms with E-state index in [9.17, 15) is 0 Å². The van der Waals surface area contributed by atoms with Crippen LogP contribution in [0.1, 0.15) is 0 Å². The van der Waals surface area contributed by atoms with Gasteiger partial charge in [-0.2, -0.15) is 0 Å². The highest BCUT2D eigenvalue weighted by atomic mass is 16.3. The predicted molar refractivity (Wildman–Crippen MR) is 274 cm³/mol. The van der Waals surface area contributed by atoms with Gasteiger partial charge in [-0.25, -0.2) is 0 Å². The molecule has 0 radical (unpaired) electrons. The molecule has 0 saturated heterocycles. The maximum atomic E-state index is 6.46. The number of hydrogen-bond acceptors (Lipinski definition) is 2. The number of para-hydroxylation sites is 4. The van der Waals surface area contributed by atoms with E-state index in [1.54, 1.807) is 0 Å². The van der Waals surface area contributed by atoms with Crippen molar-refractivity contribution < 1.29 is 4.42 Å². The number of rotatable bonds is 7. The van der Waals surface area contributed by atoms with Gasteiger partial charge in [-0.1, -0.05) is 152 Å². The van der Waals surface area contributed by atoms with Crippen molar-refractivity contribution in [3.63, 3.8) is 0 Å². The minimum absolute atomic E-state index is 0.883. The maximum Gasteiger partial charge on any atom is 0.136 e. The standard InChI is InChI=1S/C62H40N2O/c1-3-17-48(18-4-1)63(50-30-27-41-15-7-8-16-42(41)38-50)59-34-33-51(52-21-9-10-22-53(52)59)47-36-45(35-46(37-47)44-29-32-57-56-24-12-14-26-61(56)65-62(57)40-44)43-28-31-55-54-23-11-13-25-58(54)64(60(55)39-43)49-19-5-2-6-20-49/h1-40H. The van der Waals surface area contributed by atoms with Crippen molar-refractivity contribution in [2.45, 2.75) is 0 Å². The SMILES string of the molecule is c1ccc(N(c2ccc3ccccc3c2)c2ccc(-c3cc(-c4ccc5c(c4)oc4ccccc45)cc(-c4ccc5c6ccccc6n(-c6ccccc6)c5c4)c3)c3ccccc23)cc1. The van der Waals surface area contributed by atoms with Gasteiger partial charge in [0.05, 0.1) is 16.7 Å². The van der Waals surface area contributed by atoms with Gasteiger partial charge in [0.15, 0.2) is 0 Å². The first-order chi connectivity index (χ1) is 32.2. The summed E-state index contributed by atoms with van der Waals surface area (Å²) < 4.78 is 8.86. The Kier molecular flexibility index (Phi) is 8.53. The van der Waals surface area contributed by atoms with Gasteiger partial charge in [-0.3, -0.25) is 0 Å². The summed E-state index contributed by atoms with van der Waals surface area (Å²) in [6.07, 6.45) is 0. The Morgan fingerprint density at radius 1 is 0.308 bits per heavy atom. The molecule has 304 valence electrons. The van der Waals surface area contributed by atoms with Gasteiger partial charge in [0.1, 0.15) is 11.2 Å². The molecule has 3 heteroatoms. The second-order valence-electron chi connectivity index (χ2n) is 16.9. The van der Waals surface area contributed by atoms with Crippen LogP contribution < -0.4 is 4.90 Å². The van der Waals surface area contributed by atoms with Crippen molar-refractivity contribution in [3.8, 4) is 39.1 Å². The molecule has 0 atom stereocenters. The molecule has 0 amide bonds. The van der Waals surface area contributed by atoms with Gasteiger partial charge in [0.25, 0.3) is 0 Å². The topological polar surface area (TPSA) is 21.3 Å². The zero-order chi connectivity index (χ0) is 42.8. The fourth-order valence-electron chi connectivity index (χ4n) is 10.1. The van der Waals surface area contributed by atoms with Crippen LogP contribution in [0, 0.1) is 0 Å². The lowest BCUT2D eigenvalue weighted by Crippen LogP contribution is -2.10. The van der Waals surface area contributed by atoms with E-state index in [1.165, 1.54) is 48.9 Å². The highest BCUT2D eigenvalue weighted by Crippen LogP contribution is 2.45. The van der Waals surface area contributed by atoms with Crippen molar-refractivity contribution in [1.82, 2.24) is 4.57 Å². The average Bonchev–Trinajstić information content (AvgIpc) is 3.92. The molecule has 0 fully saturated rings. The Bertz CT molecular complexity index is 3950. The molecule has 3 nitrogen and oxygen atoms in total. The number of hydrogen-bond donors (Lipinski definition) is 0. The van der Waals surface area contributed by atoms with Crippen LogP contribution in [0.4, 0.5) is 17.1 Å². The van der Waals surface area contributed by atoms with E-state index < -0.39 is 0 Å². The normalized spacial score (nSPS) is 11.7. The quantitative estimate of drug-likeness (QED) is 0.160. The number of nitrogens with zero attached hydrogens (tertiary/aromatic N) is 2. The molecule has 65 heavy (non-hydrogen) atoms. The van der Waals surface area contributed by atoms with Crippen molar-refractivity contribution in [3.05, 3.63) is 243 Å². The van der Waals surface area contributed by atoms with E-state index in [0.29, 0.717) is 0 Å². The highest BCUT2D eigenvalue weighted by Gasteiger charge is 2.20. The van der Waals surface area contributed by atoms with Gasteiger partial charge in [0.2, 0.25) is 0 Å². The predicted octanol–water partition coefficient (Wildman–Crippen LogP) is 17.5. The average molecular weight is 829 g/mol. The largest absolute Gasteiger partial charge is 0.456 e. The zero-order valence-electron chi connectivity index (χ0n) is 35.4. The monoisotopic (exact) mass is 828 g/mol. The third-order valence-electron chi connectivity index (χ3n) is 13.1. The minimum atomic E-state index is 0.883. The summed E-state index contributed by atoms with van der Waals surface area (Å²) in [6, 6.07) is 87.9. The first-order valence-corrected chi connectivity index (χ1v) is 22.2. The third-order valence-corrected chi connectivity index (χ3v) is 13.1. The van der Waals surface area contributed by atoms with Gasteiger partial charge in [-0.05, 0) is 141 Å². The van der Waals surface area contributed by atoms with Gasteiger partial charge >= 0.3 is 0 Å². The molecule has 0 bridgehead atoms. The molecule has 0 saturated carbocycles. The highest BCUT2D eigenvalue weighted by molar-refractivity contribution is 6.11. The first kappa shape index (κ1) is 36.9. The molecule has 2 heterocycles. The van der Waals surface area contributed by atoms with Gasteiger partial charge in [0, 0.05) is 44.0 Å². The number of aromatic nitrogens is 1. The van der Waals surface area contributed by atoms with Crippen LogP contribution in [0.3, 0.4) is 0 Å². The number of furan rings is 1. The third kappa shape index (κ3) is 6.20. The lowest BCUT2D eigenvalue weighted by molar-refractivity contribution is 0.669. The van der Waals surface area contributed by atoms with E-state index >= 15 is 0 Å². The van der Waals surface area contributed by atoms with Crippen molar-refractivity contribution in [2.24, 2.45) is 0 Å². The maximum absolute atomic E-state index is 6.46. The summed E-state index contributed by atoms with van der Waals surface area (Å²) in [5, 5.41) is 9.51. The molecule has 11 aromatic carbocycles. The van der Waals surface area contributed by atoms with E-state index in [1.807, 2.05) is 12.1 Å². The Morgan fingerprint density at radius 3 is 1.72 bits per heavy atom.